The summed E-state index contributed by atoms with van der Waals surface area (Å²) < 4.78 is 41.2. The maximum absolute atomic E-state index is 13.2. The van der Waals surface area contributed by atoms with E-state index in [2.05, 4.69) is 37.5 Å². The highest BCUT2D eigenvalue weighted by atomic mass is 16.5. The normalized spacial score (nSPS) is 13.8. The first-order valence-corrected chi connectivity index (χ1v) is 21.9. The summed E-state index contributed by atoms with van der Waals surface area (Å²) >= 11 is 0. The van der Waals surface area contributed by atoms with Crippen LogP contribution in [0.5, 0.6) is 34.5 Å². The zero-order valence-corrected chi connectivity index (χ0v) is 36.4. The molecule has 0 bridgehead atoms. The molecule has 11 heteroatoms. The molecule has 60 heavy (non-hydrogen) atoms. The summed E-state index contributed by atoms with van der Waals surface area (Å²) in [6, 6.07) is 18.8. The van der Waals surface area contributed by atoms with Gasteiger partial charge in [-0.2, -0.15) is 0 Å². The molecule has 4 aromatic rings. The summed E-state index contributed by atoms with van der Waals surface area (Å²) in [4.78, 5) is 31.0. The molecule has 4 aromatic carbocycles. The van der Waals surface area contributed by atoms with Crippen LogP contribution in [-0.4, -0.2) is 113 Å². The molecule has 0 radical (unpaired) electrons. The number of carbonyl (C=O) groups is 2. The Hall–Kier alpha value is -5.10. The molecule has 0 saturated carbocycles. The van der Waals surface area contributed by atoms with Crippen molar-refractivity contribution in [1.29, 1.82) is 0 Å². The lowest BCUT2D eigenvalue weighted by atomic mass is 10.0. The average Bonchev–Trinajstić information content (AvgIpc) is 3.73. The van der Waals surface area contributed by atoms with Crippen LogP contribution in [0.3, 0.4) is 0 Å². The van der Waals surface area contributed by atoms with Gasteiger partial charge in [0.15, 0.2) is 11.6 Å². The van der Waals surface area contributed by atoms with Crippen LogP contribution in [0.4, 0.5) is 0 Å². The lowest BCUT2D eigenvalue weighted by Gasteiger charge is -2.26. The van der Waals surface area contributed by atoms with E-state index >= 15 is 0 Å². The van der Waals surface area contributed by atoms with Gasteiger partial charge in [0, 0.05) is 82.8 Å². The van der Waals surface area contributed by atoms with Crippen LogP contribution in [0.15, 0.2) is 60.7 Å². The first kappa shape index (κ1) is 44.5. The van der Waals surface area contributed by atoms with Gasteiger partial charge in [0.1, 0.15) is 41.1 Å². The second-order valence-corrected chi connectivity index (χ2v) is 14.8. The molecule has 1 saturated heterocycles. The highest BCUT2D eigenvalue weighted by molar-refractivity contribution is 6.24. The zero-order chi connectivity index (χ0) is 42.4. The predicted molar refractivity (Wildman–Crippen MR) is 235 cm³/mol. The van der Waals surface area contributed by atoms with Gasteiger partial charge < -0.3 is 38.1 Å². The minimum atomic E-state index is -0.0127. The van der Waals surface area contributed by atoms with Crippen molar-refractivity contribution in [3.63, 3.8) is 0 Å². The molecule has 0 atom stereocenters. The van der Waals surface area contributed by atoms with Crippen molar-refractivity contribution in [2.45, 2.75) is 60.8 Å². The summed E-state index contributed by atoms with van der Waals surface area (Å²) in [7, 11) is 0. The van der Waals surface area contributed by atoms with Crippen molar-refractivity contribution in [1.82, 2.24) is 9.80 Å². The zero-order valence-electron chi connectivity index (χ0n) is 36.4. The first-order chi connectivity index (χ1) is 29.4. The van der Waals surface area contributed by atoms with Gasteiger partial charge in [0.2, 0.25) is 0 Å². The summed E-state index contributed by atoms with van der Waals surface area (Å²) in [5.74, 6) is 4.11. The molecule has 0 N–H and O–H groups in total. The maximum atomic E-state index is 13.2. The second kappa shape index (κ2) is 21.9. The van der Waals surface area contributed by atoms with Gasteiger partial charge >= 0.3 is 0 Å². The average molecular weight is 823 g/mol. The lowest BCUT2D eigenvalue weighted by Crippen LogP contribution is -2.37. The number of nitrogens with zero attached hydrogens (tertiary/aromatic N) is 2. The fraction of sp³-hybridized carbons (Fsp3) is 0.469. The Labute approximate surface area is 355 Å². The van der Waals surface area contributed by atoms with Gasteiger partial charge in [-0.25, -0.2) is 0 Å². The third kappa shape index (κ3) is 10.3. The Morgan fingerprint density at radius 3 is 1.60 bits per heavy atom. The molecular weight excluding hydrogens is 761 g/mol. The van der Waals surface area contributed by atoms with Gasteiger partial charge in [-0.05, 0) is 70.5 Å². The van der Waals surface area contributed by atoms with E-state index in [9.17, 15) is 9.59 Å². The minimum Gasteiger partial charge on any atom is -0.494 e. The molecule has 0 spiro atoms. The van der Waals surface area contributed by atoms with Crippen molar-refractivity contribution in [3.8, 4) is 56.8 Å². The monoisotopic (exact) mass is 822 g/mol. The highest BCUT2D eigenvalue weighted by Crippen LogP contribution is 2.50. The fourth-order valence-corrected chi connectivity index (χ4v) is 7.81. The second-order valence-electron chi connectivity index (χ2n) is 14.8. The van der Waals surface area contributed by atoms with Crippen LogP contribution in [0.1, 0.15) is 92.6 Å². The van der Waals surface area contributed by atoms with Crippen LogP contribution in [0.25, 0.3) is 22.3 Å². The van der Waals surface area contributed by atoms with Crippen molar-refractivity contribution in [3.05, 3.63) is 82.9 Å². The van der Waals surface area contributed by atoms with Gasteiger partial charge in [0.05, 0.1) is 46.2 Å². The number of hydrogen-bond donors (Lipinski definition) is 0. The van der Waals surface area contributed by atoms with Crippen molar-refractivity contribution in [2.75, 3.05) is 92.1 Å². The quantitative estimate of drug-likeness (QED) is 0.0650. The van der Waals surface area contributed by atoms with Crippen LogP contribution in [0, 0.1) is 0 Å². The Kier molecular flexibility index (Phi) is 16.3. The number of benzene rings is 4. The van der Waals surface area contributed by atoms with Crippen LogP contribution in [0.2, 0.25) is 0 Å². The fourth-order valence-electron chi connectivity index (χ4n) is 7.81. The number of ketones is 2. The summed E-state index contributed by atoms with van der Waals surface area (Å²) in [5, 5.41) is 0. The molecule has 11 nitrogen and oxygen atoms in total. The minimum absolute atomic E-state index is 0.00232. The van der Waals surface area contributed by atoms with E-state index in [0.29, 0.717) is 84.9 Å². The number of likely N-dealkylation sites (N-methyl/N-ethyl adjacent to an activating group) is 1. The molecule has 1 fully saturated rings. The van der Waals surface area contributed by atoms with Gasteiger partial charge in [-0.3, -0.25) is 14.5 Å². The Balaban J connectivity index is 0.000000201. The van der Waals surface area contributed by atoms with E-state index in [0.717, 1.165) is 105 Å². The van der Waals surface area contributed by atoms with Crippen molar-refractivity contribution < 1.29 is 42.7 Å². The number of ether oxygens (including phenoxy) is 7. The number of carbonyl (C=O) groups excluding carboxylic acids is 2. The standard InChI is InChI=1S/C25H33NO4.C24H29NO5/c1-5-13-28-18-16-20-24(22(17-18)29-14-6-2)23-19(25(20)27)10-9-11-21(23)30-15-12-26(7-3)8-4;1-3-28-17-15-19-23(21(16-17)29-4-2)22-18(24(19)26)7-5-8-20(22)30-12-6-9-25-10-13-27-14-11-25/h9-11,16-17H,5-8,12-15H2,1-4H3;5,7-8,15-16H,3-4,6,9-14H2,1-2H3. The number of rotatable bonds is 21. The highest BCUT2D eigenvalue weighted by Gasteiger charge is 2.35. The molecule has 1 aliphatic heterocycles. The molecular formula is C49H62N2O9. The van der Waals surface area contributed by atoms with Gasteiger partial charge in [-0.15, -0.1) is 0 Å². The molecule has 0 amide bonds. The predicted octanol–water partition coefficient (Wildman–Crippen LogP) is 8.99. The topological polar surface area (TPSA) is 105 Å². The van der Waals surface area contributed by atoms with E-state index in [1.165, 1.54) is 0 Å². The Morgan fingerprint density at radius 2 is 1.05 bits per heavy atom. The third-order valence-electron chi connectivity index (χ3n) is 10.8. The van der Waals surface area contributed by atoms with E-state index in [1.54, 1.807) is 0 Å². The number of fused-ring (bicyclic) bond motifs is 6. The van der Waals surface area contributed by atoms with E-state index in [-0.39, 0.29) is 11.6 Å². The molecule has 7 rings (SSSR count). The van der Waals surface area contributed by atoms with Gasteiger partial charge in [-0.1, -0.05) is 52.0 Å². The molecule has 3 aliphatic rings. The molecule has 322 valence electrons. The Bertz CT molecular complexity index is 2070. The number of hydrogen-bond acceptors (Lipinski definition) is 11. The van der Waals surface area contributed by atoms with E-state index in [4.69, 9.17) is 33.2 Å². The van der Waals surface area contributed by atoms with Crippen LogP contribution < -0.4 is 28.4 Å². The number of morpholine rings is 1. The molecule has 0 aromatic heterocycles. The largest absolute Gasteiger partial charge is 0.494 e. The first-order valence-electron chi connectivity index (χ1n) is 21.9. The molecule has 0 unspecified atom stereocenters. The lowest BCUT2D eigenvalue weighted by molar-refractivity contribution is 0.0358. The van der Waals surface area contributed by atoms with Crippen molar-refractivity contribution >= 4 is 11.6 Å². The summed E-state index contributed by atoms with van der Waals surface area (Å²) in [6.45, 7) is 23.0. The van der Waals surface area contributed by atoms with Gasteiger partial charge in [0.25, 0.3) is 0 Å². The van der Waals surface area contributed by atoms with E-state index < -0.39 is 0 Å². The smallest absolute Gasteiger partial charge is 0.194 e. The Morgan fingerprint density at radius 1 is 0.550 bits per heavy atom. The molecule has 1 heterocycles. The summed E-state index contributed by atoms with van der Waals surface area (Å²) in [5.41, 5.74) is 5.87. The SMILES string of the molecule is CCCOc1cc(OCCC)c2c(c1)C(=O)c1cccc(OCCN(CC)CC)c1-2.CCOc1cc(OCC)c2c(c1)C(=O)c1cccc(OCCCN3CCOCC3)c1-2. The molecule has 2 aliphatic carbocycles. The summed E-state index contributed by atoms with van der Waals surface area (Å²) in [6.07, 6.45) is 2.71. The van der Waals surface area contributed by atoms with Crippen LogP contribution >= 0.6 is 0 Å². The van der Waals surface area contributed by atoms with Crippen LogP contribution in [-0.2, 0) is 4.74 Å². The van der Waals surface area contributed by atoms with E-state index in [1.807, 2.05) is 74.5 Å². The third-order valence-corrected chi connectivity index (χ3v) is 10.8. The maximum Gasteiger partial charge on any atom is 0.194 e. The van der Waals surface area contributed by atoms with Crippen molar-refractivity contribution in [2.24, 2.45) is 0 Å².